The highest BCUT2D eigenvalue weighted by atomic mass is 79.9. The number of benzene rings is 1. The monoisotopic (exact) mass is 301 g/mol. The molecule has 0 aliphatic carbocycles. The van der Waals surface area contributed by atoms with Gasteiger partial charge in [0.15, 0.2) is 0 Å². The van der Waals surface area contributed by atoms with E-state index < -0.39 is 12.0 Å². The molecule has 0 spiro atoms. The van der Waals surface area contributed by atoms with Crippen LogP contribution in [0, 0.1) is 0 Å². The molecule has 1 aliphatic heterocycles. The number of carboxylic acids is 1. The van der Waals surface area contributed by atoms with Crippen molar-refractivity contribution < 1.29 is 9.90 Å². The minimum atomic E-state index is -0.771. The van der Waals surface area contributed by atoms with E-state index in [1.165, 1.54) is 0 Å². The van der Waals surface area contributed by atoms with Crippen LogP contribution in [-0.4, -0.2) is 28.6 Å². The molecule has 0 radical (unpaired) electrons. The highest BCUT2D eigenvalue weighted by Crippen LogP contribution is 2.26. The Morgan fingerprint density at radius 3 is 3.00 bits per heavy atom. The van der Waals surface area contributed by atoms with Gasteiger partial charge in [-0.3, -0.25) is 10.1 Å². The molecule has 2 rings (SSSR count). The fourth-order valence-electron chi connectivity index (χ4n) is 1.70. The van der Waals surface area contributed by atoms with E-state index >= 15 is 0 Å². The maximum Gasteiger partial charge on any atom is 0.321 e. The topological polar surface area (TPSA) is 49.3 Å². The van der Waals surface area contributed by atoms with Gasteiger partial charge in [-0.2, -0.15) is 11.8 Å². The van der Waals surface area contributed by atoms with Gasteiger partial charge in [-0.05, 0) is 17.7 Å². The summed E-state index contributed by atoms with van der Waals surface area (Å²) in [5.41, 5.74) is 1.13. The van der Waals surface area contributed by atoms with Crippen molar-refractivity contribution in [3.63, 3.8) is 0 Å². The predicted molar refractivity (Wildman–Crippen MR) is 68.8 cm³/mol. The molecule has 0 aromatic heterocycles. The van der Waals surface area contributed by atoms with Crippen LogP contribution in [0.25, 0.3) is 0 Å². The van der Waals surface area contributed by atoms with Gasteiger partial charge in [0.25, 0.3) is 0 Å². The first-order valence-electron chi connectivity index (χ1n) is 4.99. The van der Waals surface area contributed by atoms with Gasteiger partial charge in [0.2, 0.25) is 0 Å². The zero-order valence-corrected chi connectivity index (χ0v) is 10.9. The third kappa shape index (κ3) is 2.78. The molecule has 16 heavy (non-hydrogen) atoms. The van der Waals surface area contributed by atoms with Crippen molar-refractivity contribution in [2.75, 3.05) is 11.5 Å². The Bertz CT molecular complexity index is 399. The number of carboxylic acid groups (broad SMARTS) is 1. The molecule has 0 bridgehead atoms. The Hall–Kier alpha value is -0.520. The predicted octanol–water partition coefficient (Wildman–Crippen LogP) is 2.28. The molecule has 5 heteroatoms. The van der Waals surface area contributed by atoms with Crippen molar-refractivity contribution in [1.82, 2.24) is 5.32 Å². The van der Waals surface area contributed by atoms with Crippen molar-refractivity contribution in [2.24, 2.45) is 0 Å². The van der Waals surface area contributed by atoms with Crippen LogP contribution in [0.3, 0.4) is 0 Å². The van der Waals surface area contributed by atoms with Crippen LogP contribution in [0.2, 0.25) is 0 Å². The van der Waals surface area contributed by atoms with Crippen LogP contribution in [-0.2, 0) is 4.79 Å². The molecule has 2 unspecified atom stereocenters. The Morgan fingerprint density at radius 1 is 1.50 bits per heavy atom. The van der Waals surface area contributed by atoms with Crippen molar-refractivity contribution in [2.45, 2.75) is 12.1 Å². The van der Waals surface area contributed by atoms with E-state index in [1.54, 1.807) is 11.8 Å². The van der Waals surface area contributed by atoms with Gasteiger partial charge in [-0.15, -0.1) is 0 Å². The molecule has 3 nitrogen and oxygen atoms in total. The molecular formula is C11H12BrNO2S. The van der Waals surface area contributed by atoms with E-state index in [4.69, 9.17) is 5.11 Å². The Kier molecular flexibility index (Phi) is 3.89. The first-order chi connectivity index (χ1) is 7.66. The van der Waals surface area contributed by atoms with Crippen LogP contribution < -0.4 is 5.32 Å². The number of hydrogen-bond donors (Lipinski definition) is 2. The molecule has 2 N–H and O–H groups in total. The molecule has 1 fully saturated rings. The highest BCUT2D eigenvalue weighted by Gasteiger charge is 2.27. The van der Waals surface area contributed by atoms with Crippen molar-refractivity contribution in [3.05, 3.63) is 34.3 Å². The summed E-state index contributed by atoms with van der Waals surface area (Å²) < 4.78 is 1.02. The highest BCUT2D eigenvalue weighted by molar-refractivity contribution is 9.10. The first kappa shape index (κ1) is 12.0. The van der Waals surface area contributed by atoms with E-state index in [1.807, 2.05) is 24.3 Å². The average Bonchev–Trinajstić information content (AvgIpc) is 2.29. The van der Waals surface area contributed by atoms with Crippen LogP contribution in [0.4, 0.5) is 0 Å². The lowest BCUT2D eigenvalue weighted by molar-refractivity contribution is -0.139. The van der Waals surface area contributed by atoms with Gasteiger partial charge < -0.3 is 5.11 Å². The lowest BCUT2D eigenvalue weighted by atomic mass is 10.1. The zero-order chi connectivity index (χ0) is 11.5. The van der Waals surface area contributed by atoms with Gasteiger partial charge in [0.1, 0.15) is 6.04 Å². The number of halogens is 1. The minimum absolute atomic E-state index is 0.123. The summed E-state index contributed by atoms with van der Waals surface area (Å²) in [4.78, 5) is 10.9. The SMILES string of the molecule is O=C(O)C1CSCC(c2cccc(Br)c2)N1. The quantitative estimate of drug-likeness (QED) is 0.880. The van der Waals surface area contributed by atoms with Crippen LogP contribution in [0.5, 0.6) is 0 Å². The smallest absolute Gasteiger partial charge is 0.321 e. The van der Waals surface area contributed by atoms with E-state index in [0.29, 0.717) is 5.75 Å². The third-order valence-electron chi connectivity index (χ3n) is 2.52. The maximum atomic E-state index is 10.9. The van der Waals surface area contributed by atoms with Crippen molar-refractivity contribution in [1.29, 1.82) is 0 Å². The second-order valence-electron chi connectivity index (χ2n) is 3.70. The molecule has 0 amide bonds. The Labute approximate surface area is 107 Å². The third-order valence-corrected chi connectivity index (χ3v) is 4.15. The summed E-state index contributed by atoms with van der Waals surface area (Å²) in [5, 5.41) is 12.1. The van der Waals surface area contributed by atoms with Gasteiger partial charge in [-0.25, -0.2) is 0 Å². The Morgan fingerprint density at radius 2 is 2.31 bits per heavy atom. The summed E-state index contributed by atoms with van der Waals surface area (Å²) in [5.74, 6) is 0.785. The van der Waals surface area contributed by atoms with Gasteiger partial charge >= 0.3 is 5.97 Å². The summed E-state index contributed by atoms with van der Waals surface area (Å²) >= 11 is 5.10. The van der Waals surface area contributed by atoms with E-state index in [2.05, 4.69) is 21.2 Å². The number of aliphatic carboxylic acids is 1. The number of hydrogen-bond acceptors (Lipinski definition) is 3. The normalized spacial score (nSPS) is 25.3. The maximum absolute atomic E-state index is 10.9. The fourth-order valence-corrected chi connectivity index (χ4v) is 3.25. The van der Waals surface area contributed by atoms with Gasteiger partial charge in [-0.1, -0.05) is 28.1 Å². The van der Waals surface area contributed by atoms with E-state index in [-0.39, 0.29) is 6.04 Å². The summed E-state index contributed by atoms with van der Waals surface area (Å²) in [6.45, 7) is 0. The number of rotatable bonds is 2. The summed E-state index contributed by atoms with van der Waals surface area (Å²) in [6.07, 6.45) is 0. The second-order valence-corrected chi connectivity index (χ2v) is 5.69. The van der Waals surface area contributed by atoms with Crippen LogP contribution in [0.15, 0.2) is 28.7 Å². The fraction of sp³-hybridized carbons (Fsp3) is 0.364. The molecule has 2 atom stereocenters. The van der Waals surface area contributed by atoms with Crippen molar-refractivity contribution >= 4 is 33.7 Å². The first-order valence-corrected chi connectivity index (χ1v) is 6.93. The van der Waals surface area contributed by atoms with Gasteiger partial charge in [0.05, 0.1) is 0 Å². The number of nitrogens with one attached hydrogen (secondary N) is 1. The molecule has 1 aromatic carbocycles. The molecular weight excluding hydrogens is 290 g/mol. The molecule has 1 saturated heterocycles. The van der Waals surface area contributed by atoms with E-state index in [9.17, 15) is 4.79 Å². The van der Waals surface area contributed by atoms with E-state index in [0.717, 1.165) is 15.8 Å². The molecule has 1 heterocycles. The second kappa shape index (κ2) is 5.21. The standard InChI is InChI=1S/C11H12BrNO2S/c12-8-3-1-2-7(4-8)9-5-16-6-10(13-9)11(14)15/h1-4,9-10,13H,5-6H2,(H,14,15). The van der Waals surface area contributed by atoms with Crippen LogP contribution >= 0.6 is 27.7 Å². The molecule has 0 saturated carbocycles. The number of thioether (sulfide) groups is 1. The molecule has 1 aliphatic rings. The zero-order valence-electron chi connectivity index (χ0n) is 8.52. The average molecular weight is 302 g/mol. The van der Waals surface area contributed by atoms with Crippen LogP contribution in [0.1, 0.15) is 11.6 Å². The largest absolute Gasteiger partial charge is 0.480 e. The molecule has 1 aromatic rings. The lowest BCUT2D eigenvalue weighted by Crippen LogP contribution is -2.45. The summed E-state index contributed by atoms with van der Waals surface area (Å²) in [6, 6.07) is 7.67. The number of carbonyl (C=O) groups is 1. The lowest BCUT2D eigenvalue weighted by Gasteiger charge is -2.28. The Balaban J connectivity index is 2.12. The molecule has 86 valence electrons. The van der Waals surface area contributed by atoms with Crippen molar-refractivity contribution in [3.8, 4) is 0 Å². The van der Waals surface area contributed by atoms with Gasteiger partial charge in [0, 0.05) is 22.0 Å². The summed E-state index contributed by atoms with van der Waals surface area (Å²) in [7, 11) is 0. The minimum Gasteiger partial charge on any atom is -0.480 e.